The van der Waals surface area contributed by atoms with Gasteiger partial charge in [0, 0.05) is 36.7 Å². The highest BCUT2D eigenvalue weighted by Gasteiger charge is 1.98. The highest BCUT2D eigenvalue weighted by molar-refractivity contribution is 7.99. The van der Waals surface area contributed by atoms with Crippen LogP contribution in [0.2, 0.25) is 5.02 Å². The first-order chi connectivity index (χ1) is 9.76. The molecule has 0 saturated carbocycles. The van der Waals surface area contributed by atoms with Crippen LogP contribution < -0.4 is 10.6 Å². The van der Waals surface area contributed by atoms with Gasteiger partial charge >= 0.3 is 0 Å². The van der Waals surface area contributed by atoms with Crippen LogP contribution in [0.3, 0.4) is 0 Å². The molecule has 3 nitrogen and oxygen atoms in total. The second kappa shape index (κ2) is 10.6. The fourth-order valence-corrected chi connectivity index (χ4v) is 2.44. The van der Waals surface area contributed by atoms with E-state index in [0.717, 1.165) is 42.0 Å². The van der Waals surface area contributed by atoms with Gasteiger partial charge in [-0.1, -0.05) is 29.8 Å². The molecule has 110 valence electrons. The van der Waals surface area contributed by atoms with Crippen LogP contribution in [-0.4, -0.2) is 37.6 Å². The van der Waals surface area contributed by atoms with Crippen LogP contribution in [0.1, 0.15) is 5.56 Å². The van der Waals surface area contributed by atoms with Crippen LogP contribution in [0.15, 0.2) is 41.9 Å². The molecule has 0 aliphatic rings. The lowest BCUT2D eigenvalue weighted by atomic mass is 10.1. The molecule has 0 amide bonds. The predicted octanol–water partition coefficient (Wildman–Crippen LogP) is 2.97. The summed E-state index contributed by atoms with van der Waals surface area (Å²) in [6.07, 6.45) is 2.84. The Kier molecular flexibility index (Phi) is 9.00. The zero-order valence-electron chi connectivity index (χ0n) is 11.9. The van der Waals surface area contributed by atoms with Crippen molar-refractivity contribution >= 4 is 29.3 Å². The van der Waals surface area contributed by atoms with E-state index < -0.39 is 0 Å². The minimum atomic E-state index is 0.782. The van der Waals surface area contributed by atoms with Crippen molar-refractivity contribution in [2.75, 3.05) is 31.6 Å². The maximum absolute atomic E-state index is 5.96. The Bertz CT molecular complexity index is 435. The van der Waals surface area contributed by atoms with E-state index in [1.54, 1.807) is 7.05 Å². The molecule has 20 heavy (non-hydrogen) atoms. The van der Waals surface area contributed by atoms with Gasteiger partial charge < -0.3 is 10.6 Å². The topological polar surface area (TPSA) is 36.4 Å². The van der Waals surface area contributed by atoms with Crippen LogP contribution in [0.4, 0.5) is 0 Å². The number of hydrogen-bond donors (Lipinski definition) is 2. The Morgan fingerprint density at radius 2 is 2.20 bits per heavy atom. The Labute approximate surface area is 130 Å². The summed E-state index contributed by atoms with van der Waals surface area (Å²) in [7, 11) is 1.78. The van der Waals surface area contributed by atoms with Gasteiger partial charge in [0.05, 0.1) is 0 Å². The van der Waals surface area contributed by atoms with E-state index >= 15 is 0 Å². The molecule has 0 aliphatic carbocycles. The quantitative estimate of drug-likeness (QED) is 0.335. The maximum atomic E-state index is 5.96. The molecule has 0 fully saturated rings. The first-order valence-corrected chi connectivity index (χ1v) is 8.17. The van der Waals surface area contributed by atoms with E-state index in [4.69, 9.17) is 11.6 Å². The number of thioether (sulfide) groups is 1. The Morgan fingerprint density at radius 1 is 1.40 bits per heavy atom. The normalized spacial score (nSPS) is 11.2. The van der Waals surface area contributed by atoms with Crippen molar-refractivity contribution < 1.29 is 0 Å². The second-order valence-corrected chi connectivity index (χ2v) is 5.76. The van der Waals surface area contributed by atoms with Crippen LogP contribution in [0, 0.1) is 0 Å². The molecular weight excluding hydrogens is 290 g/mol. The van der Waals surface area contributed by atoms with E-state index in [9.17, 15) is 0 Å². The van der Waals surface area contributed by atoms with Crippen molar-refractivity contribution in [1.29, 1.82) is 0 Å². The van der Waals surface area contributed by atoms with E-state index in [1.807, 2.05) is 36.0 Å². The highest BCUT2D eigenvalue weighted by Crippen LogP contribution is 2.10. The third-order valence-electron chi connectivity index (χ3n) is 2.59. The largest absolute Gasteiger partial charge is 0.356 e. The van der Waals surface area contributed by atoms with Gasteiger partial charge in [-0.2, -0.15) is 11.8 Å². The number of guanidine groups is 1. The third kappa shape index (κ3) is 7.46. The molecule has 0 atom stereocenters. The minimum absolute atomic E-state index is 0.782. The summed E-state index contributed by atoms with van der Waals surface area (Å²) >= 11 is 7.81. The molecule has 0 spiro atoms. The molecular formula is C15H22ClN3S. The van der Waals surface area contributed by atoms with Gasteiger partial charge in [-0.3, -0.25) is 4.99 Å². The van der Waals surface area contributed by atoms with E-state index in [1.165, 1.54) is 5.56 Å². The number of hydrogen-bond acceptors (Lipinski definition) is 2. The van der Waals surface area contributed by atoms with Crippen molar-refractivity contribution in [2.45, 2.75) is 6.42 Å². The van der Waals surface area contributed by atoms with Crippen molar-refractivity contribution in [3.05, 3.63) is 47.5 Å². The lowest BCUT2D eigenvalue weighted by molar-refractivity contribution is 0.812. The summed E-state index contributed by atoms with van der Waals surface area (Å²) in [5.41, 5.74) is 1.22. The van der Waals surface area contributed by atoms with Crippen LogP contribution in [-0.2, 0) is 6.42 Å². The summed E-state index contributed by atoms with van der Waals surface area (Å²) in [6.45, 7) is 5.43. The second-order valence-electron chi connectivity index (χ2n) is 4.17. The monoisotopic (exact) mass is 311 g/mol. The maximum Gasteiger partial charge on any atom is 0.191 e. The van der Waals surface area contributed by atoms with Gasteiger partial charge in [-0.25, -0.2) is 0 Å². The molecule has 0 aliphatic heterocycles. The van der Waals surface area contributed by atoms with Crippen molar-refractivity contribution in [1.82, 2.24) is 10.6 Å². The number of benzene rings is 1. The van der Waals surface area contributed by atoms with Crippen molar-refractivity contribution in [3.63, 3.8) is 0 Å². The summed E-state index contributed by atoms with van der Waals surface area (Å²) < 4.78 is 0. The summed E-state index contributed by atoms with van der Waals surface area (Å²) in [4.78, 5) is 4.19. The molecule has 1 aromatic rings. The Hall–Kier alpha value is -1.13. The zero-order chi connectivity index (χ0) is 14.6. The molecule has 0 unspecified atom stereocenters. The van der Waals surface area contributed by atoms with Crippen molar-refractivity contribution in [2.24, 2.45) is 4.99 Å². The fraction of sp³-hybridized carbons (Fsp3) is 0.400. The Balaban J connectivity index is 2.19. The van der Waals surface area contributed by atoms with Gasteiger partial charge in [-0.15, -0.1) is 6.58 Å². The van der Waals surface area contributed by atoms with E-state index in [0.29, 0.717) is 0 Å². The molecule has 0 heterocycles. The fourth-order valence-electron chi connectivity index (χ4n) is 1.65. The Morgan fingerprint density at radius 3 is 2.90 bits per heavy atom. The van der Waals surface area contributed by atoms with Crippen molar-refractivity contribution in [3.8, 4) is 0 Å². The lowest BCUT2D eigenvalue weighted by Crippen LogP contribution is -2.39. The first kappa shape index (κ1) is 16.9. The van der Waals surface area contributed by atoms with Gasteiger partial charge in [0.1, 0.15) is 0 Å². The number of nitrogens with zero attached hydrogens (tertiary/aromatic N) is 1. The SMILES string of the molecule is C=CCSCCNC(=NC)NCCc1cccc(Cl)c1. The predicted molar refractivity (Wildman–Crippen MR) is 92.0 cm³/mol. The molecule has 2 N–H and O–H groups in total. The molecule has 0 aromatic heterocycles. The summed E-state index contributed by atoms with van der Waals surface area (Å²) in [5.74, 6) is 2.87. The smallest absolute Gasteiger partial charge is 0.191 e. The number of halogens is 1. The van der Waals surface area contributed by atoms with Gasteiger partial charge in [0.15, 0.2) is 5.96 Å². The minimum Gasteiger partial charge on any atom is -0.356 e. The third-order valence-corrected chi connectivity index (χ3v) is 3.79. The average molecular weight is 312 g/mol. The molecule has 0 radical (unpaired) electrons. The first-order valence-electron chi connectivity index (χ1n) is 6.64. The van der Waals surface area contributed by atoms with Gasteiger partial charge in [0.2, 0.25) is 0 Å². The number of aliphatic imine (C=N–C) groups is 1. The summed E-state index contributed by atoms with van der Waals surface area (Å²) in [6, 6.07) is 7.93. The van der Waals surface area contributed by atoms with Crippen LogP contribution in [0.5, 0.6) is 0 Å². The van der Waals surface area contributed by atoms with Crippen LogP contribution >= 0.6 is 23.4 Å². The van der Waals surface area contributed by atoms with Crippen LogP contribution in [0.25, 0.3) is 0 Å². The zero-order valence-corrected chi connectivity index (χ0v) is 13.4. The lowest BCUT2D eigenvalue weighted by Gasteiger charge is -2.11. The molecule has 0 bridgehead atoms. The molecule has 1 aromatic carbocycles. The van der Waals surface area contributed by atoms with Gasteiger partial charge in [0.25, 0.3) is 0 Å². The molecule has 0 saturated heterocycles. The van der Waals surface area contributed by atoms with E-state index in [2.05, 4.69) is 28.3 Å². The standard InChI is InChI=1S/C15H22ClN3S/c1-3-10-20-11-9-19-15(17-2)18-8-7-13-5-4-6-14(16)12-13/h3-6,12H,1,7-11H2,2H3,(H2,17,18,19). The number of nitrogens with one attached hydrogen (secondary N) is 2. The average Bonchev–Trinajstić information content (AvgIpc) is 2.45. The molecule has 1 rings (SSSR count). The highest BCUT2D eigenvalue weighted by atomic mass is 35.5. The molecule has 5 heteroatoms. The van der Waals surface area contributed by atoms with Gasteiger partial charge in [-0.05, 0) is 24.1 Å². The summed E-state index contributed by atoms with van der Waals surface area (Å²) in [5, 5.41) is 7.36. The van der Waals surface area contributed by atoms with E-state index in [-0.39, 0.29) is 0 Å². The number of rotatable bonds is 8.